The second-order valence-electron chi connectivity index (χ2n) is 3.06. The minimum atomic E-state index is -0.985. The van der Waals surface area contributed by atoms with Gasteiger partial charge < -0.3 is 10.4 Å². The van der Waals surface area contributed by atoms with Gasteiger partial charge in [-0.15, -0.1) is 0 Å². The maximum atomic E-state index is 11.0. The third kappa shape index (κ3) is 3.46. The summed E-state index contributed by atoms with van der Waals surface area (Å²) in [7, 11) is 0. The van der Waals surface area contributed by atoms with Crippen LogP contribution in [0.4, 0.5) is 0 Å². The SMILES string of the molecule is CC#CC(=O)NCc1cccc(C(=O)O)c1. The number of carbonyl (C=O) groups is 2. The molecule has 0 radical (unpaired) electrons. The fourth-order valence-electron chi connectivity index (χ4n) is 1.15. The molecule has 2 N–H and O–H groups in total. The Labute approximate surface area is 93.3 Å². The van der Waals surface area contributed by atoms with Gasteiger partial charge in [-0.1, -0.05) is 18.1 Å². The van der Waals surface area contributed by atoms with Crippen molar-refractivity contribution in [3.8, 4) is 11.8 Å². The van der Waals surface area contributed by atoms with Gasteiger partial charge in [-0.2, -0.15) is 0 Å². The molecular formula is C12H11NO3. The standard InChI is InChI=1S/C12H11NO3/c1-2-4-11(14)13-8-9-5-3-6-10(7-9)12(15)16/h3,5-7H,8H2,1H3,(H,13,14)(H,15,16). The first-order valence-electron chi connectivity index (χ1n) is 4.66. The first-order valence-corrected chi connectivity index (χ1v) is 4.66. The molecule has 0 saturated carbocycles. The Morgan fingerprint density at radius 2 is 2.19 bits per heavy atom. The molecule has 82 valence electrons. The number of carboxylic acid groups (broad SMARTS) is 1. The van der Waals surface area contributed by atoms with Crippen LogP contribution in [-0.2, 0) is 11.3 Å². The van der Waals surface area contributed by atoms with Crippen molar-refractivity contribution < 1.29 is 14.7 Å². The molecule has 0 unspecified atom stereocenters. The zero-order valence-corrected chi connectivity index (χ0v) is 8.78. The zero-order valence-electron chi connectivity index (χ0n) is 8.78. The largest absolute Gasteiger partial charge is 0.478 e. The lowest BCUT2D eigenvalue weighted by molar-refractivity contribution is -0.115. The van der Waals surface area contributed by atoms with Crippen molar-refractivity contribution in [2.75, 3.05) is 0 Å². The van der Waals surface area contributed by atoms with E-state index >= 15 is 0 Å². The van der Waals surface area contributed by atoms with Crippen molar-refractivity contribution in [2.24, 2.45) is 0 Å². The molecule has 0 fully saturated rings. The summed E-state index contributed by atoms with van der Waals surface area (Å²) in [5, 5.41) is 11.3. The van der Waals surface area contributed by atoms with Crippen molar-refractivity contribution in [3.63, 3.8) is 0 Å². The number of amides is 1. The van der Waals surface area contributed by atoms with Crippen LogP contribution in [0.1, 0.15) is 22.8 Å². The zero-order chi connectivity index (χ0) is 12.0. The van der Waals surface area contributed by atoms with Crippen molar-refractivity contribution in [3.05, 3.63) is 35.4 Å². The van der Waals surface area contributed by atoms with Crippen LogP contribution in [0.2, 0.25) is 0 Å². The molecule has 0 spiro atoms. The summed E-state index contributed by atoms with van der Waals surface area (Å²) in [6.07, 6.45) is 0. The average molecular weight is 217 g/mol. The lowest BCUT2D eigenvalue weighted by atomic mass is 10.1. The van der Waals surface area contributed by atoms with Crippen LogP contribution in [-0.4, -0.2) is 17.0 Å². The molecule has 4 heteroatoms. The van der Waals surface area contributed by atoms with Gasteiger partial charge in [0.05, 0.1) is 5.56 Å². The van der Waals surface area contributed by atoms with Crippen molar-refractivity contribution >= 4 is 11.9 Å². The normalized spacial score (nSPS) is 8.81. The Morgan fingerprint density at radius 3 is 2.81 bits per heavy atom. The van der Waals surface area contributed by atoms with Crippen molar-refractivity contribution in [2.45, 2.75) is 13.5 Å². The Morgan fingerprint density at radius 1 is 1.44 bits per heavy atom. The molecule has 1 rings (SSSR count). The minimum absolute atomic E-state index is 0.202. The summed E-state index contributed by atoms with van der Waals surface area (Å²) in [5.74, 6) is 3.46. The monoisotopic (exact) mass is 217 g/mol. The van der Waals surface area contributed by atoms with E-state index < -0.39 is 5.97 Å². The van der Waals surface area contributed by atoms with Gasteiger partial charge in [-0.3, -0.25) is 4.79 Å². The molecule has 1 amide bonds. The lowest BCUT2D eigenvalue weighted by Gasteiger charge is -2.02. The maximum absolute atomic E-state index is 11.0. The highest BCUT2D eigenvalue weighted by molar-refractivity contribution is 5.93. The molecule has 0 atom stereocenters. The highest BCUT2D eigenvalue weighted by Gasteiger charge is 2.03. The molecule has 0 aliphatic heterocycles. The Kier molecular flexibility index (Phi) is 4.10. The van der Waals surface area contributed by atoms with Gasteiger partial charge in [0, 0.05) is 6.54 Å². The molecule has 0 bridgehead atoms. The van der Waals surface area contributed by atoms with Crippen LogP contribution in [0.25, 0.3) is 0 Å². The van der Waals surface area contributed by atoms with Crippen molar-refractivity contribution in [1.82, 2.24) is 5.32 Å². The summed E-state index contributed by atoms with van der Waals surface area (Å²) in [6, 6.07) is 6.39. The number of hydrogen-bond acceptors (Lipinski definition) is 2. The molecule has 0 aromatic heterocycles. The molecule has 4 nitrogen and oxygen atoms in total. The number of nitrogens with one attached hydrogen (secondary N) is 1. The third-order valence-corrected chi connectivity index (χ3v) is 1.87. The van der Waals surface area contributed by atoms with Crippen LogP contribution < -0.4 is 5.32 Å². The number of rotatable bonds is 3. The predicted octanol–water partition coefficient (Wildman–Crippen LogP) is 1.02. The predicted molar refractivity (Wildman–Crippen MR) is 58.7 cm³/mol. The second-order valence-corrected chi connectivity index (χ2v) is 3.06. The Bertz CT molecular complexity index is 469. The minimum Gasteiger partial charge on any atom is -0.478 e. The second kappa shape index (κ2) is 5.56. The summed E-state index contributed by atoms with van der Waals surface area (Å²) in [5.41, 5.74) is 0.930. The Hall–Kier alpha value is -2.28. The van der Waals surface area contributed by atoms with Crippen LogP contribution in [0.3, 0.4) is 0 Å². The lowest BCUT2D eigenvalue weighted by Crippen LogP contribution is -2.20. The highest BCUT2D eigenvalue weighted by atomic mass is 16.4. The van der Waals surface area contributed by atoms with Gasteiger partial charge in [-0.25, -0.2) is 4.79 Å². The number of benzene rings is 1. The van der Waals surface area contributed by atoms with Gasteiger partial charge in [0.25, 0.3) is 5.91 Å². The van der Waals surface area contributed by atoms with Crippen LogP contribution >= 0.6 is 0 Å². The van der Waals surface area contributed by atoms with Crippen LogP contribution in [0.5, 0.6) is 0 Å². The molecule has 0 aliphatic rings. The van der Waals surface area contributed by atoms with Gasteiger partial charge in [-0.05, 0) is 30.5 Å². The van der Waals surface area contributed by atoms with E-state index in [2.05, 4.69) is 17.2 Å². The first-order chi connectivity index (χ1) is 7.63. The first kappa shape index (κ1) is 11.8. The fraction of sp³-hybridized carbons (Fsp3) is 0.167. The van der Waals surface area contributed by atoms with E-state index in [-0.39, 0.29) is 18.0 Å². The number of hydrogen-bond donors (Lipinski definition) is 2. The molecule has 16 heavy (non-hydrogen) atoms. The molecule has 1 aromatic rings. The molecular weight excluding hydrogens is 206 g/mol. The molecule has 0 saturated heterocycles. The van der Waals surface area contributed by atoms with Gasteiger partial charge in [0.1, 0.15) is 0 Å². The number of carbonyl (C=O) groups excluding carboxylic acids is 1. The van der Waals surface area contributed by atoms with E-state index in [1.54, 1.807) is 19.1 Å². The van der Waals surface area contributed by atoms with E-state index in [1.165, 1.54) is 12.1 Å². The summed E-state index contributed by atoms with van der Waals surface area (Å²) >= 11 is 0. The Balaban J connectivity index is 2.66. The quantitative estimate of drug-likeness (QED) is 0.743. The van der Waals surface area contributed by atoms with Crippen LogP contribution in [0.15, 0.2) is 24.3 Å². The van der Waals surface area contributed by atoms with E-state index in [0.717, 1.165) is 5.56 Å². The fourth-order valence-corrected chi connectivity index (χ4v) is 1.15. The third-order valence-electron chi connectivity index (χ3n) is 1.87. The summed E-state index contributed by atoms with van der Waals surface area (Å²) in [6.45, 7) is 1.85. The van der Waals surface area contributed by atoms with E-state index in [9.17, 15) is 9.59 Å². The van der Waals surface area contributed by atoms with E-state index in [4.69, 9.17) is 5.11 Å². The molecule has 0 aliphatic carbocycles. The summed E-state index contributed by atoms with van der Waals surface area (Å²) in [4.78, 5) is 21.7. The molecule has 1 aromatic carbocycles. The molecule has 0 heterocycles. The van der Waals surface area contributed by atoms with E-state index in [0.29, 0.717) is 0 Å². The van der Waals surface area contributed by atoms with Gasteiger partial charge in [0.2, 0.25) is 0 Å². The van der Waals surface area contributed by atoms with Crippen molar-refractivity contribution in [1.29, 1.82) is 0 Å². The topological polar surface area (TPSA) is 66.4 Å². The number of aromatic carboxylic acids is 1. The van der Waals surface area contributed by atoms with Crippen LogP contribution in [0, 0.1) is 11.8 Å². The van der Waals surface area contributed by atoms with Gasteiger partial charge >= 0.3 is 5.97 Å². The highest BCUT2D eigenvalue weighted by Crippen LogP contribution is 2.04. The summed E-state index contributed by atoms with van der Waals surface area (Å²) < 4.78 is 0. The smallest absolute Gasteiger partial charge is 0.335 e. The average Bonchev–Trinajstić information content (AvgIpc) is 2.27. The number of carboxylic acids is 1. The van der Waals surface area contributed by atoms with E-state index in [1.807, 2.05) is 0 Å². The van der Waals surface area contributed by atoms with Gasteiger partial charge in [0.15, 0.2) is 0 Å². The maximum Gasteiger partial charge on any atom is 0.335 e.